The second-order valence-electron chi connectivity index (χ2n) is 5.99. The molecule has 1 aromatic heterocycles. The quantitative estimate of drug-likeness (QED) is 0.535. The number of para-hydroxylation sites is 1. The minimum absolute atomic E-state index is 0.0166. The van der Waals surface area contributed by atoms with Gasteiger partial charge in [0.05, 0.1) is 24.0 Å². The van der Waals surface area contributed by atoms with Crippen LogP contribution in [-0.2, 0) is 11.0 Å². The van der Waals surface area contributed by atoms with Gasteiger partial charge in [0.1, 0.15) is 0 Å². The summed E-state index contributed by atoms with van der Waals surface area (Å²) in [7, 11) is 0. The van der Waals surface area contributed by atoms with Crippen LogP contribution in [0.2, 0.25) is 0 Å². The number of carbonyl (C=O) groups excluding carboxylic acids is 1. The summed E-state index contributed by atoms with van der Waals surface area (Å²) < 4.78 is 39.7. The number of nitrogens with one attached hydrogen (secondary N) is 1. The number of carbonyl (C=O) groups is 1. The Hall–Kier alpha value is -3.79. The maximum Gasteiger partial charge on any atom is 0.416 e. The van der Waals surface area contributed by atoms with Gasteiger partial charge in [0.15, 0.2) is 0 Å². The third-order valence-corrected chi connectivity index (χ3v) is 3.82. The summed E-state index contributed by atoms with van der Waals surface area (Å²) in [5, 5.41) is 6.79. The first kappa shape index (κ1) is 20.0. The highest BCUT2D eigenvalue weighted by Gasteiger charge is 2.30. The van der Waals surface area contributed by atoms with Gasteiger partial charge >= 0.3 is 6.18 Å². The van der Waals surface area contributed by atoms with Gasteiger partial charge in [-0.05, 0) is 36.4 Å². The zero-order valence-corrected chi connectivity index (χ0v) is 15.1. The normalized spacial score (nSPS) is 11.1. The highest BCUT2D eigenvalue weighted by molar-refractivity contribution is 5.91. The van der Waals surface area contributed by atoms with E-state index in [0.717, 1.165) is 23.4 Å². The number of rotatable bonds is 4. The number of hydrogen-bond acceptors (Lipinski definition) is 2. The molecule has 3 rings (SSSR count). The number of alkyl halides is 3. The predicted octanol–water partition coefficient (Wildman–Crippen LogP) is 4.07. The van der Waals surface area contributed by atoms with Crippen LogP contribution in [0.15, 0.2) is 73.1 Å². The molecule has 2 aromatic carbocycles. The van der Waals surface area contributed by atoms with Crippen molar-refractivity contribution in [2.24, 2.45) is 0 Å². The standard InChI is InChI=1S/C22H16F3N3O/c23-22(24,25)19-8-4-6-17(14-19)7-5-13-26-21(29)12-11-18-15-27-28(16-18)20-9-2-1-3-10-20/h1-4,6,8-12,14-16H,13H2,(H,26,29)/b12-11+. The van der Waals surface area contributed by atoms with Gasteiger partial charge in [-0.1, -0.05) is 36.1 Å². The first-order valence-corrected chi connectivity index (χ1v) is 8.64. The molecule has 0 saturated carbocycles. The molecule has 0 aliphatic carbocycles. The lowest BCUT2D eigenvalue weighted by molar-refractivity contribution is -0.137. The molecule has 0 bridgehead atoms. The summed E-state index contributed by atoms with van der Waals surface area (Å²) in [6.07, 6.45) is 1.96. The van der Waals surface area contributed by atoms with Crippen molar-refractivity contribution >= 4 is 12.0 Å². The average Bonchev–Trinajstić information content (AvgIpc) is 3.19. The van der Waals surface area contributed by atoms with Gasteiger partial charge in [-0.2, -0.15) is 18.3 Å². The highest BCUT2D eigenvalue weighted by Crippen LogP contribution is 2.29. The summed E-state index contributed by atoms with van der Waals surface area (Å²) in [5.41, 5.74) is 1.13. The molecule has 0 spiro atoms. The smallest absolute Gasteiger partial charge is 0.342 e. The topological polar surface area (TPSA) is 46.9 Å². The van der Waals surface area contributed by atoms with Crippen LogP contribution in [0.3, 0.4) is 0 Å². The van der Waals surface area contributed by atoms with Crippen LogP contribution in [0.1, 0.15) is 16.7 Å². The van der Waals surface area contributed by atoms with Crippen LogP contribution < -0.4 is 5.32 Å². The van der Waals surface area contributed by atoms with E-state index in [1.165, 1.54) is 18.2 Å². The van der Waals surface area contributed by atoms with Gasteiger partial charge in [-0.3, -0.25) is 4.79 Å². The second kappa shape index (κ2) is 8.93. The Labute approximate surface area is 165 Å². The summed E-state index contributed by atoms with van der Waals surface area (Å²) in [6, 6.07) is 14.3. The van der Waals surface area contributed by atoms with Gasteiger partial charge in [-0.25, -0.2) is 4.68 Å². The third-order valence-electron chi connectivity index (χ3n) is 3.82. The molecule has 0 radical (unpaired) electrons. The van der Waals surface area contributed by atoms with Crippen LogP contribution in [0.5, 0.6) is 0 Å². The minimum Gasteiger partial charge on any atom is -0.342 e. The largest absolute Gasteiger partial charge is 0.416 e. The maximum absolute atomic E-state index is 12.7. The summed E-state index contributed by atoms with van der Waals surface area (Å²) >= 11 is 0. The SMILES string of the molecule is O=C(/C=C/c1cnn(-c2ccccc2)c1)NCC#Cc1cccc(C(F)(F)F)c1. The van der Waals surface area contributed by atoms with E-state index in [9.17, 15) is 18.0 Å². The van der Waals surface area contributed by atoms with Crippen molar-refractivity contribution in [1.82, 2.24) is 15.1 Å². The summed E-state index contributed by atoms with van der Waals surface area (Å²) in [5.74, 6) is 4.88. The van der Waals surface area contributed by atoms with Crippen molar-refractivity contribution in [2.45, 2.75) is 6.18 Å². The van der Waals surface area contributed by atoms with E-state index < -0.39 is 11.7 Å². The lowest BCUT2D eigenvalue weighted by atomic mass is 10.1. The number of halogens is 3. The van der Waals surface area contributed by atoms with Crippen molar-refractivity contribution in [2.75, 3.05) is 6.54 Å². The lowest BCUT2D eigenvalue weighted by Crippen LogP contribution is -2.20. The average molecular weight is 395 g/mol. The fourth-order valence-corrected chi connectivity index (χ4v) is 2.43. The van der Waals surface area contributed by atoms with Crippen LogP contribution in [0, 0.1) is 11.8 Å². The molecular formula is C22H16F3N3O. The summed E-state index contributed by atoms with van der Waals surface area (Å²) in [6.45, 7) is 0.0166. The van der Waals surface area contributed by atoms with Crippen molar-refractivity contribution in [3.05, 3.63) is 89.8 Å². The Bertz CT molecular complexity index is 1070. The number of hydrogen-bond donors (Lipinski definition) is 1. The molecule has 0 fully saturated rings. The molecular weight excluding hydrogens is 379 g/mol. The molecule has 1 N–H and O–H groups in total. The van der Waals surface area contributed by atoms with Gasteiger partial charge in [0, 0.05) is 23.4 Å². The van der Waals surface area contributed by atoms with E-state index in [-0.39, 0.29) is 18.0 Å². The molecule has 4 nitrogen and oxygen atoms in total. The Morgan fingerprint density at radius 3 is 2.69 bits per heavy atom. The van der Waals surface area contributed by atoms with Crippen molar-refractivity contribution < 1.29 is 18.0 Å². The van der Waals surface area contributed by atoms with Gasteiger partial charge in [0.2, 0.25) is 5.91 Å². The van der Waals surface area contributed by atoms with E-state index in [1.54, 1.807) is 23.2 Å². The van der Waals surface area contributed by atoms with Crippen LogP contribution in [-0.4, -0.2) is 22.2 Å². The molecule has 1 amide bonds. The Kier molecular flexibility index (Phi) is 6.15. The molecule has 3 aromatic rings. The molecule has 1 heterocycles. The number of nitrogens with zero attached hydrogens (tertiary/aromatic N) is 2. The molecule has 146 valence electrons. The fraction of sp³-hybridized carbons (Fsp3) is 0.0909. The van der Waals surface area contributed by atoms with Crippen molar-refractivity contribution in [3.8, 4) is 17.5 Å². The number of amides is 1. The molecule has 0 saturated heterocycles. The maximum atomic E-state index is 12.7. The van der Waals surface area contributed by atoms with Crippen LogP contribution in [0.4, 0.5) is 13.2 Å². The van der Waals surface area contributed by atoms with Gasteiger partial charge in [0.25, 0.3) is 0 Å². The van der Waals surface area contributed by atoms with Gasteiger partial charge < -0.3 is 5.32 Å². The van der Waals surface area contributed by atoms with E-state index in [4.69, 9.17) is 0 Å². The molecule has 0 aliphatic heterocycles. The Morgan fingerprint density at radius 2 is 1.93 bits per heavy atom. The van der Waals surface area contributed by atoms with Crippen LogP contribution >= 0.6 is 0 Å². The minimum atomic E-state index is -4.41. The molecule has 0 aliphatic rings. The number of benzene rings is 2. The first-order chi connectivity index (χ1) is 13.9. The summed E-state index contributed by atoms with van der Waals surface area (Å²) in [4.78, 5) is 11.8. The van der Waals surface area contributed by atoms with Crippen LogP contribution in [0.25, 0.3) is 11.8 Å². The third kappa shape index (κ3) is 5.84. The molecule has 7 heteroatoms. The van der Waals surface area contributed by atoms with E-state index in [0.29, 0.717) is 0 Å². The molecule has 29 heavy (non-hydrogen) atoms. The first-order valence-electron chi connectivity index (χ1n) is 8.64. The zero-order chi connectivity index (χ0) is 20.7. The Balaban J connectivity index is 1.52. The van der Waals surface area contributed by atoms with E-state index in [1.807, 2.05) is 30.3 Å². The number of aromatic nitrogens is 2. The lowest BCUT2D eigenvalue weighted by Gasteiger charge is -2.05. The highest BCUT2D eigenvalue weighted by atomic mass is 19.4. The zero-order valence-electron chi connectivity index (χ0n) is 15.1. The predicted molar refractivity (Wildman–Crippen MR) is 104 cm³/mol. The van der Waals surface area contributed by atoms with Gasteiger partial charge in [-0.15, -0.1) is 0 Å². The van der Waals surface area contributed by atoms with Crippen molar-refractivity contribution in [3.63, 3.8) is 0 Å². The second-order valence-corrected chi connectivity index (χ2v) is 5.99. The fourth-order valence-electron chi connectivity index (χ4n) is 2.43. The monoisotopic (exact) mass is 395 g/mol. The molecule has 0 unspecified atom stereocenters. The Morgan fingerprint density at radius 1 is 1.14 bits per heavy atom. The van der Waals surface area contributed by atoms with E-state index >= 15 is 0 Å². The van der Waals surface area contributed by atoms with E-state index in [2.05, 4.69) is 22.3 Å². The molecule has 0 atom stereocenters. The van der Waals surface area contributed by atoms with Crippen molar-refractivity contribution in [1.29, 1.82) is 0 Å².